The first-order valence-corrected chi connectivity index (χ1v) is 6.87. The maximum atomic E-state index is 12.1. The maximum Gasteiger partial charge on any atom is 0.275 e. The van der Waals surface area contributed by atoms with Crippen LogP contribution in [0.3, 0.4) is 0 Å². The number of rotatable bonds is 6. The van der Waals surface area contributed by atoms with Gasteiger partial charge in [0, 0.05) is 11.6 Å². The molecule has 1 N–H and O–H groups in total. The molecule has 0 aliphatic rings. The van der Waals surface area contributed by atoms with Gasteiger partial charge in [0.2, 0.25) is 0 Å². The summed E-state index contributed by atoms with van der Waals surface area (Å²) in [4.78, 5) is 12.1. The molecule has 6 heteroatoms. The molecular weight excluding hydrogens is 296 g/mol. The predicted molar refractivity (Wildman–Crippen MR) is 87.6 cm³/mol. The second-order valence-electron chi connectivity index (χ2n) is 4.55. The van der Waals surface area contributed by atoms with Crippen LogP contribution in [0.2, 0.25) is 0 Å². The molecular formula is C17H18N2O4. The standard InChI is InChI=1S/C17H18N2O4/c1-21-13-8-12(9-14(10-13)22-2)11-18-19-17(20)15-6-4-5-7-16(15)23-3/h4-11H,1-3H3,(H,19,20)/b18-11+. The molecule has 2 aromatic rings. The minimum atomic E-state index is -0.353. The lowest BCUT2D eigenvalue weighted by molar-refractivity contribution is 0.0952. The van der Waals surface area contributed by atoms with Gasteiger partial charge in [-0.1, -0.05) is 12.1 Å². The Morgan fingerprint density at radius 3 is 2.26 bits per heavy atom. The number of methoxy groups -OCH3 is 3. The molecule has 0 spiro atoms. The Kier molecular flexibility index (Phi) is 5.57. The van der Waals surface area contributed by atoms with E-state index in [0.29, 0.717) is 22.8 Å². The van der Waals surface area contributed by atoms with E-state index in [-0.39, 0.29) is 5.91 Å². The van der Waals surface area contributed by atoms with E-state index in [4.69, 9.17) is 14.2 Å². The van der Waals surface area contributed by atoms with Gasteiger partial charge in [0.25, 0.3) is 5.91 Å². The fourth-order valence-corrected chi connectivity index (χ4v) is 1.96. The molecule has 0 bridgehead atoms. The Hall–Kier alpha value is -3.02. The summed E-state index contributed by atoms with van der Waals surface area (Å²) >= 11 is 0. The highest BCUT2D eigenvalue weighted by Crippen LogP contribution is 2.21. The van der Waals surface area contributed by atoms with Crippen LogP contribution < -0.4 is 19.6 Å². The molecule has 0 unspecified atom stereocenters. The molecule has 0 saturated carbocycles. The number of benzene rings is 2. The van der Waals surface area contributed by atoms with Crippen molar-refractivity contribution in [3.8, 4) is 17.2 Å². The molecule has 0 aromatic heterocycles. The average molecular weight is 314 g/mol. The summed E-state index contributed by atoms with van der Waals surface area (Å²) in [5.74, 6) is 1.42. The van der Waals surface area contributed by atoms with Gasteiger partial charge in [0.1, 0.15) is 17.2 Å². The van der Waals surface area contributed by atoms with Crippen LogP contribution in [0.15, 0.2) is 47.6 Å². The van der Waals surface area contributed by atoms with Crippen LogP contribution in [0, 0.1) is 0 Å². The van der Waals surface area contributed by atoms with Gasteiger partial charge in [-0.15, -0.1) is 0 Å². The Morgan fingerprint density at radius 1 is 1.00 bits per heavy atom. The van der Waals surface area contributed by atoms with Crippen molar-refractivity contribution in [2.24, 2.45) is 5.10 Å². The van der Waals surface area contributed by atoms with E-state index in [0.717, 1.165) is 5.56 Å². The van der Waals surface area contributed by atoms with Crippen molar-refractivity contribution in [1.29, 1.82) is 0 Å². The minimum Gasteiger partial charge on any atom is -0.497 e. The third-order valence-corrected chi connectivity index (χ3v) is 3.11. The Morgan fingerprint density at radius 2 is 1.65 bits per heavy atom. The average Bonchev–Trinajstić information content (AvgIpc) is 2.61. The summed E-state index contributed by atoms with van der Waals surface area (Å²) in [7, 11) is 4.65. The smallest absolute Gasteiger partial charge is 0.275 e. The summed E-state index contributed by atoms with van der Waals surface area (Å²) in [5.41, 5.74) is 3.62. The fraction of sp³-hybridized carbons (Fsp3) is 0.176. The third-order valence-electron chi connectivity index (χ3n) is 3.11. The lowest BCUT2D eigenvalue weighted by atomic mass is 10.2. The van der Waals surface area contributed by atoms with Crippen molar-refractivity contribution in [2.45, 2.75) is 0 Å². The first-order valence-electron chi connectivity index (χ1n) is 6.87. The largest absolute Gasteiger partial charge is 0.497 e. The molecule has 2 rings (SSSR count). The molecule has 1 amide bonds. The van der Waals surface area contributed by atoms with E-state index < -0.39 is 0 Å². The van der Waals surface area contributed by atoms with Crippen molar-refractivity contribution in [3.63, 3.8) is 0 Å². The SMILES string of the molecule is COc1cc(/C=N/NC(=O)c2ccccc2OC)cc(OC)c1. The number of nitrogens with one attached hydrogen (secondary N) is 1. The molecule has 6 nitrogen and oxygen atoms in total. The Bertz CT molecular complexity index is 691. The summed E-state index contributed by atoms with van der Waals surface area (Å²) in [5, 5.41) is 3.95. The van der Waals surface area contributed by atoms with Crippen LogP contribution in [0.5, 0.6) is 17.2 Å². The number of nitrogens with zero attached hydrogens (tertiary/aromatic N) is 1. The van der Waals surface area contributed by atoms with Crippen molar-refractivity contribution < 1.29 is 19.0 Å². The van der Waals surface area contributed by atoms with Gasteiger partial charge in [-0.2, -0.15) is 5.10 Å². The van der Waals surface area contributed by atoms with E-state index >= 15 is 0 Å². The number of hydrogen-bond donors (Lipinski definition) is 1. The van der Waals surface area contributed by atoms with Crippen molar-refractivity contribution in [3.05, 3.63) is 53.6 Å². The number of para-hydroxylation sites is 1. The number of amides is 1. The van der Waals surface area contributed by atoms with Gasteiger partial charge >= 0.3 is 0 Å². The minimum absolute atomic E-state index is 0.353. The normalized spacial score (nSPS) is 10.4. The molecule has 0 aliphatic carbocycles. The van der Waals surface area contributed by atoms with E-state index in [1.54, 1.807) is 56.7 Å². The van der Waals surface area contributed by atoms with Gasteiger partial charge in [0.15, 0.2) is 0 Å². The molecule has 0 heterocycles. The molecule has 0 fully saturated rings. The second-order valence-corrected chi connectivity index (χ2v) is 4.55. The van der Waals surface area contributed by atoms with Crippen LogP contribution in [-0.4, -0.2) is 33.5 Å². The first-order chi connectivity index (χ1) is 11.2. The third kappa shape index (κ3) is 4.23. The van der Waals surface area contributed by atoms with Crippen LogP contribution >= 0.6 is 0 Å². The zero-order chi connectivity index (χ0) is 16.7. The lowest BCUT2D eigenvalue weighted by Crippen LogP contribution is -2.18. The van der Waals surface area contributed by atoms with E-state index in [1.165, 1.54) is 13.3 Å². The Labute approximate surface area is 134 Å². The molecule has 0 saturated heterocycles. The van der Waals surface area contributed by atoms with E-state index in [1.807, 2.05) is 0 Å². The number of hydrogen-bond acceptors (Lipinski definition) is 5. The number of carbonyl (C=O) groups excluding carboxylic acids is 1. The second kappa shape index (κ2) is 7.84. The monoisotopic (exact) mass is 314 g/mol. The number of ether oxygens (including phenoxy) is 3. The van der Waals surface area contributed by atoms with Crippen LogP contribution in [0.1, 0.15) is 15.9 Å². The molecule has 2 aromatic carbocycles. The van der Waals surface area contributed by atoms with Gasteiger partial charge in [0.05, 0.1) is 33.1 Å². The van der Waals surface area contributed by atoms with Crippen molar-refractivity contribution >= 4 is 12.1 Å². The quantitative estimate of drug-likeness (QED) is 0.657. The summed E-state index contributed by atoms with van der Waals surface area (Å²) in [6, 6.07) is 12.2. The van der Waals surface area contributed by atoms with Crippen LogP contribution in [0.25, 0.3) is 0 Å². The summed E-state index contributed by atoms with van der Waals surface area (Å²) in [6.07, 6.45) is 1.51. The zero-order valence-corrected chi connectivity index (χ0v) is 13.2. The first kappa shape index (κ1) is 16.4. The highest BCUT2D eigenvalue weighted by molar-refractivity contribution is 5.97. The highest BCUT2D eigenvalue weighted by Gasteiger charge is 2.10. The highest BCUT2D eigenvalue weighted by atomic mass is 16.5. The number of hydrazone groups is 1. The van der Waals surface area contributed by atoms with Crippen LogP contribution in [0.4, 0.5) is 0 Å². The van der Waals surface area contributed by atoms with Crippen LogP contribution in [-0.2, 0) is 0 Å². The van der Waals surface area contributed by atoms with E-state index in [9.17, 15) is 4.79 Å². The molecule has 0 radical (unpaired) electrons. The molecule has 23 heavy (non-hydrogen) atoms. The predicted octanol–water partition coefficient (Wildman–Crippen LogP) is 2.48. The van der Waals surface area contributed by atoms with Gasteiger partial charge < -0.3 is 14.2 Å². The Balaban J connectivity index is 2.11. The molecule has 0 aliphatic heterocycles. The van der Waals surface area contributed by atoms with Gasteiger partial charge in [-0.05, 0) is 24.3 Å². The fourth-order valence-electron chi connectivity index (χ4n) is 1.96. The topological polar surface area (TPSA) is 69.2 Å². The van der Waals surface area contributed by atoms with E-state index in [2.05, 4.69) is 10.5 Å². The summed E-state index contributed by atoms with van der Waals surface area (Å²) in [6.45, 7) is 0. The maximum absolute atomic E-state index is 12.1. The number of carbonyl (C=O) groups is 1. The lowest BCUT2D eigenvalue weighted by Gasteiger charge is -2.07. The van der Waals surface area contributed by atoms with Crippen molar-refractivity contribution in [2.75, 3.05) is 21.3 Å². The van der Waals surface area contributed by atoms with Gasteiger partial charge in [-0.3, -0.25) is 4.79 Å². The van der Waals surface area contributed by atoms with Gasteiger partial charge in [-0.25, -0.2) is 5.43 Å². The molecule has 0 atom stereocenters. The zero-order valence-electron chi connectivity index (χ0n) is 13.2. The molecule has 120 valence electrons. The van der Waals surface area contributed by atoms with Crippen molar-refractivity contribution in [1.82, 2.24) is 5.43 Å². The summed E-state index contributed by atoms with van der Waals surface area (Å²) < 4.78 is 15.5.